The van der Waals surface area contributed by atoms with Crippen molar-refractivity contribution in [1.29, 1.82) is 0 Å². The summed E-state index contributed by atoms with van der Waals surface area (Å²) in [4.78, 5) is 12.1. The van der Waals surface area contributed by atoms with Gasteiger partial charge in [-0.15, -0.1) is 0 Å². The Morgan fingerprint density at radius 3 is 2.60 bits per heavy atom. The number of nitrogens with zero attached hydrogens (tertiary/aromatic N) is 2. The Hall–Kier alpha value is -1.70. The maximum absolute atomic E-state index is 12.9. The van der Waals surface area contributed by atoms with E-state index in [1.54, 1.807) is 25.1 Å². The summed E-state index contributed by atoms with van der Waals surface area (Å²) in [5.74, 6) is -0.629. The fraction of sp³-hybridized carbons (Fsp3) is 0.375. The molecule has 136 valence electrons. The van der Waals surface area contributed by atoms with Gasteiger partial charge in [0.2, 0.25) is 0 Å². The summed E-state index contributed by atoms with van der Waals surface area (Å²) in [7, 11) is 1.47. The lowest BCUT2D eigenvalue weighted by Gasteiger charge is -2.15. The lowest BCUT2D eigenvalue weighted by atomic mass is 10.2. The second kappa shape index (κ2) is 8.60. The van der Waals surface area contributed by atoms with Gasteiger partial charge >= 0.3 is 0 Å². The van der Waals surface area contributed by atoms with Crippen molar-refractivity contribution in [1.82, 2.24) is 15.1 Å². The number of rotatable bonds is 7. The number of carbonyl (C=O) groups is 1. The highest BCUT2D eigenvalue weighted by molar-refractivity contribution is 6.35. The molecule has 1 atom stereocenters. The normalized spacial score (nSPS) is 12.4. The van der Waals surface area contributed by atoms with Gasteiger partial charge in [-0.05, 0) is 19.1 Å². The summed E-state index contributed by atoms with van der Waals surface area (Å²) in [5, 5.41) is 7.18. The molecule has 0 bridgehead atoms. The Kier molecular flexibility index (Phi) is 6.75. The molecule has 1 unspecified atom stereocenters. The Balaban J connectivity index is 1.90. The van der Waals surface area contributed by atoms with Gasteiger partial charge in [-0.25, -0.2) is 8.78 Å². The molecule has 1 heterocycles. The van der Waals surface area contributed by atoms with E-state index >= 15 is 0 Å². The van der Waals surface area contributed by atoms with Crippen molar-refractivity contribution in [3.8, 4) is 0 Å². The summed E-state index contributed by atoms with van der Waals surface area (Å²) in [6.07, 6.45) is -1.57. The van der Waals surface area contributed by atoms with Gasteiger partial charge in [0.25, 0.3) is 12.3 Å². The van der Waals surface area contributed by atoms with Crippen molar-refractivity contribution in [2.45, 2.75) is 26.0 Å². The Bertz CT molecular complexity index is 733. The molecular weight excluding hydrogens is 375 g/mol. The molecule has 0 aliphatic heterocycles. The third-order valence-electron chi connectivity index (χ3n) is 3.36. The SMILES string of the molecule is CC(COCc1c(Cl)cccc1Cl)NC(=O)c1cn(C)nc1C(F)F. The second-order valence-corrected chi connectivity index (χ2v) is 6.31. The van der Waals surface area contributed by atoms with E-state index in [0.29, 0.717) is 15.6 Å². The quantitative estimate of drug-likeness (QED) is 0.775. The minimum absolute atomic E-state index is 0.154. The minimum atomic E-state index is -2.82. The van der Waals surface area contributed by atoms with Gasteiger partial charge in [0.05, 0.1) is 18.8 Å². The predicted molar refractivity (Wildman–Crippen MR) is 91.2 cm³/mol. The largest absolute Gasteiger partial charge is 0.375 e. The maximum atomic E-state index is 12.9. The zero-order valence-corrected chi connectivity index (χ0v) is 15.1. The van der Waals surface area contributed by atoms with E-state index in [4.69, 9.17) is 27.9 Å². The standard InChI is InChI=1S/C16H17Cl2F2N3O2/c1-9(7-25-8-11-12(17)4-3-5-13(11)18)21-16(24)10-6-23(2)22-14(10)15(19)20/h3-6,9,15H,7-8H2,1-2H3,(H,21,24). The van der Waals surface area contributed by atoms with E-state index in [0.717, 1.165) is 0 Å². The third kappa shape index (κ3) is 5.14. The highest BCUT2D eigenvalue weighted by Gasteiger charge is 2.23. The van der Waals surface area contributed by atoms with Gasteiger partial charge in [-0.1, -0.05) is 29.3 Å². The first-order chi connectivity index (χ1) is 11.8. The number of amides is 1. The lowest BCUT2D eigenvalue weighted by molar-refractivity contribution is 0.0811. The summed E-state index contributed by atoms with van der Waals surface area (Å²) in [6.45, 7) is 2.04. The average molecular weight is 392 g/mol. The van der Waals surface area contributed by atoms with Crippen LogP contribution in [0, 0.1) is 0 Å². The molecule has 0 saturated heterocycles. The summed E-state index contributed by atoms with van der Waals surface area (Å²) in [5.41, 5.74) is -0.0499. The molecule has 25 heavy (non-hydrogen) atoms. The van der Waals surface area contributed by atoms with Crippen molar-refractivity contribution in [3.63, 3.8) is 0 Å². The van der Waals surface area contributed by atoms with Crippen LogP contribution in [0.4, 0.5) is 8.78 Å². The molecule has 5 nitrogen and oxygen atoms in total. The van der Waals surface area contributed by atoms with Gasteiger partial charge in [-0.2, -0.15) is 5.10 Å². The van der Waals surface area contributed by atoms with Crippen molar-refractivity contribution in [2.24, 2.45) is 7.05 Å². The molecule has 0 spiro atoms. The average Bonchev–Trinajstić information content (AvgIpc) is 2.92. The number of nitrogens with one attached hydrogen (secondary N) is 1. The van der Waals surface area contributed by atoms with E-state index in [2.05, 4.69) is 10.4 Å². The van der Waals surface area contributed by atoms with Crippen LogP contribution in [-0.2, 0) is 18.4 Å². The fourth-order valence-electron chi connectivity index (χ4n) is 2.19. The number of benzene rings is 1. The Morgan fingerprint density at radius 1 is 1.36 bits per heavy atom. The first-order valence-corrected chi connectivity index (χ1v) is 8.18. The molecule has 1 aromatic carbocycles. The molecule has 9 heteroatoms. The molecule has 0 fully saturated rings. The lowest BCUT2D eigenvalue weighted by Crippen LogP contribution is -2.36. The first kappa shape index (κ1) is 19.6. The van der Waals surface area contributed by atoms with Crippen molar-refractivity contribution in [2.75, 3.05) is 6.61 Å². The van der Waals surface area contributed by atoms with Crippen LogP contribution in [0.3, 0.4) is 0 Å². The van der Waals surface area contributed by atoms with Crippen molar-refractivity contribution < 1.29 is 18.3 Å². The van der Waals surface area contributed by atoms with Crippen LogP contribution >= 0.6 is 23.2 Å². The summed E-state index contributed by atoms with van der Waals surface area (Å²) in [6, 6.07) is 4.72. The van der Waals surface area contributed by atoms with Crippen LogP contribution in [0.2, 0.25) is 10.0 Å². The third-order valence-corrected chi connectivity index (χ3v) is 4.07. The number of aryl methyl sites for hydroxylation is 1. The molecule has 2 rings (SSSR count). The second-order valence-electron chi connectivity index (χ2n) is 5.49. The smallest absolute Gasteiger partial charge is 0.282 e. The zero-order valence-electron chi connectivity index (χ0n) is 13.6. The fourth-order valence-corrected chi connectivity index (χ4v) is 2.70. The van der Waals surface area contributed by atoms with Crippen LogP contribution in [0.5, 0.6) is 0 Å². The predicted octanol–water partition coefficient (Wildman–Crippen LogP) is 4.00. The topological polar surface area (TPSA) is 56.1 Å². The number of hydrogen-bond acceptors (Lipinski definition) is 3. The molecule has 0 saturated carbocycles. The molecule has 1 N–H and O–H groups in total. The van der Waals surface area contributed by atoms with E-state index in [-0.39, 0.29) is 18.8 Å². The minimum Gasteiger partial charge on any atom is -0.375 e. The van der Waals surface area contributed by atoms with Crippen molar-refractivity contribution >= 4 is 29.1 Å². The Labute approximate surface area is 153 Å². The van der Waals surface area contributed by atoms with Gasteiger partial charge in [-0.3, -0.25) is 9.48 Å². The summed E-state index contributed by atoms with van der Waals surface area (Å²) < 4.78 is 32.5. The van der Waals surface area contributed by atoms with Gasteiger partial charge < -0.3 is 10.1 Å². The molecule has 1 amide bonds. The van der Waals surface area contributed by atoms with Crippen LogP contribution < -0.4 is 5.32 Å². The molecular formula is C16H17Cl2F2N3O2. The number of hydrogen-bond donors (Lipinski definition) is 1. The van der Waals surface area contributed by atoms with Gasteiger partial charge in [0.15, 0.2) is 0 Å². The molecule has 0 radical (unpaired) electrons. The number of ether oxygens (including phenoxy) is 1. The molecule has 1 aromatic heterocycles. The van der Waals surface area contributed by atoms with Crippen LogP contribution in [0.25, 0.3) is 0 Å². The van der Waals surface area contributed by atoms with Crippen molar-refractivity contribution in [3.05, 3.63) is 51.3 Å². The number of halogens is 4. The number of aromatic nitrogens is 2. The highest BCUT2D eigenvalue weighted by atomic mass is 35.5. The van der Waals surface area contributed by atoms with E-state index < -0.39 is 24.1 Å². The highest BCUT2D eigenvalue weighted by Crippen LogP contribution is 2.25. The molecule has 2 aromatic rings. The van der Waals surface area contributed by atoms with E-state index in [1.165, 1.54) is 17.9 Å². The van der Waals surface area contributed by atoms with Gasteiger partial charge in [0.1, 0.15) is 5.69 Å². The zero-order chi connectivity index (χ0) is 18.6. The van der Waals surface area contributed by atoms with Crippen LogP contribution in [0.15, 0.2) is 24.4 Å². The summed E-state index contributed by atoms with van der Waals surface area (Å²) >= 11 is 12.1. The number of carbonyl (C=O) groups excluding carboxylic acids is 1. The maximum Gasteiger partial charge on any atom is 0.282 e. The van der Waals surface area contributed by atoms with E-state index in [1.807, 2.05) is 0 Å². The van der Waals surface area contributed by atoms with Crippen LogP contribution in [0.1, 0.15) is 35.0 Å². The van der Waals surface area contributed by atoms with Gasteiger partial charge in [0, 0.05) is 34.9 Å². The van der Waals surface area contributed by atoms with Crippen LogP contribution in [-0.4, -0.2) is 28.3 Å². The number of alkyl halides is 2. The monoisotopic (exact) mass is 391 g/mol. The van der Waals surface area contributed by atoms with E-state index in [9.17, 15) is 13.6 Å². The Morgan fingerprint density at radius 2 is 2.00 bits per heavy atom. The molecule has 0 aliphatic rings. The molecule has 0 aliphatic carbocycles. The first-order valence-electron chi connectivity index (χ1n) is 7.42.